The van der Waals surface area contributed by atoms with Crippen LogP contribution in [0.3, 0.4) is 0 Å². The van der Waals surface area contributed by atoms with Crippen molar-refractivity contribution >= 4 is 33.0 Å². The fraction of sp³-hybridized carbons (Fsp3) is 0. The van der Waals surface area contributed by atoms with Crippen molar-refractivity contribution in [3.05, 3.63) is 158 Å². The summed E-state index contributed by atoms with van der Waals surface area (Å²) in [6, 6.07) is 53.4. The summed E-state index contributed by atoms with van der Waals surface area (Å²) in [6.45, 7) is 0. The zero-order valence-electron chi connectivity index (χ0n) is 25.2. The lowest BCUT2D eigenvalue weighted by Crippen LogP contribution is -2.01. The predicted molar refractivity (Wildman–Crippen MR) is 190 cm³/mol. The molecule has 9 rings (SSSR count). The molecule has 220 valence electrons. The zero-order chi connectivity index (χ0) is 31.2. The molecule has 9 aromatic rings. The molecule has 6 aromatic carbocycles. The van der Waals surface area contributed by atoms with E-state index in [-0.39, 0.29) is 0 Å². The Labute approximate surface area is 270 Å². The summed E-state index contributed by atoms with van der Waals surface area (Å²) in [5.74, 6) is 1.85. The highest BCUT2D eigenvalue weighted by molar-refractivity contribution is 6.18. The van der Waals surface area contributed by atoms with Gasteiger partial charge in [0.2, 0.25) is 5.71 Å². The summed E-state index contributed by atoms with van der Waals surface area (Å²) in [4.78, 5) is 20.0. The second-order valence-electron chi connectivity index (χ2n) is 11.5. The van der Waals surface area contributed by atoms with Gasteiger partial charge < -0.3 is 4.42 Å². The van der Waals surface area contributed by atoms with E-state index in [9.17, 15) is 0 Å². The Hall–Kier alpha value is -6.46. The average molecular weight is 603 g/mol. The van der Waals surface area contributed by atoms with Crippen molar-refractivity contribution in [1.82, 2.24) is 19.9 Å². The fourth-order valence-electron chi connectivity index (χ4n) is 6.32. The molecule has 0 spiro atoms. The third-order valence-electron chi connectivity index (χ3n) is 8.56. The maximum atomic E-state index is 6.66. The van der Waals surface area contributed by atoms with Crippen LogP contribution >= 0.6 is 0 Å². The van der Waals surface area contributed by atoms with Gasteiger partial charge in [0.25, 0.3) is 0 Å². The standard InChI is InChI=1S/C42H26N4O/c1-4-14-27(15-5-1)31-24-25-33(37-35-26-30-20-10-13-23-36(30)43-42(35)47-38(31)37)32-21-11-12-22-34(32)41-45-39(28-16-6-2-7-17-28)44-40(46-41)29-18-8-3-9-19-29/h1-26H. The van der Waals surface area contributed by atoms with Crippen molar-refractivity contribution in [2.45, 2.75) is 0 Å². The molecule has 5 nitrogen and oxygen atoms in total. The van der Waals surface area contributed by atoms with E-state index in [1.54, 1.807) is 0 Å². The third-order valence-corrected chi connectivity index (χ3v) is 8.56. The largest absolute Gasteiger partial charge is 0.437 e. The van der Waals surface area contributed by atoms with E-state index in [0.717, 1.165) is 66.2 Å². The smallest absolute Gasteiger partial charge is 0.227 e. The van der Waals surface area contributed by atoms with E-state index in [1.165, 1.54) is 0 Å². The summed E-state index contributed by atoms with van der Waals surface area (Å²) in [5.41, 5.74) is 9.19. The normalized spacial score (nSPS) is 11.4. The molecule has 0 fully saturated rings. The summed E-state index contributed by atoms with van der Waals surface area (Å²) >= 11 is 0. The zero-order valence-corrected chi connectivity index (χ0v) is 25.2. The molecule has 0 aliphatic heterocycles. The Morgan fingerprint density at radius 2 is 0.915 bits per heavy atom. The van der Waals surface area contributed by atoms with Gasteiger partial charge in [0, 0.05) is 38.4 Å². The molecule has 0 amide bonds. The van der Waals surface area contributed by atoms with E-state index >= 15 is 0 Å². The second-order valence-corrected chi connectivity index (χ2v) is 11.5. The van der Waals surface area contributed by atoms with Crippen LogP contribution in [0.15, 0.2) is 162 Å². The van der Waals surface area contributed by atoms with Gasteiger partial charge in [0.15, 0.2) is 17.5 Å². The van der Waals surface area contributed by atoms with Crippen molar-refractivity contribution in [2.75, 3.05) is 0 Å². The molecule has 0 radical (unpaired) electrons. The minimum atomic E-state index is 0.602. The Morgan fingerprint density at radius 1 is 0.383 bits per heavy atom. The van der Waals surface area contributed by atoms with E-state index < -0.39 is 0 Å². The van der Waals surface area contributed by atoms with E-state index in [0.29, 0.717) is 23.2 Å². The van der Waals surface area contributed by atoms with Gasteiger partial charge in [0.05, 0.1) is 5.52 Å². The molecular formula is C42H26N4O. The topological polar surface area (TPSA) is 64.7 Å². The van der Waals surface area contributed by atoms with Gasteiger partial charge in [-0.1, -0.05) is 140 Å². The van der Waals surface area contributed by atoms with Crippen molar-refractivity contribution < 1.29 is 4.42 Å². The number of rotatable bonds is 5. The number of para-hydroxylation sites is 1. The highest BCUT2D eigenvalue weighted by Crippen LogP contribution is 2.44. The number of hydrogen-bond donors (Lipinski definition) is 0. The highest BCUT2D eigenvalue weighted by atomic mass is 16.3. The van der Waals surface area contributed by atoms with Crippen LogP contribution in [0, 0.1) is 0 Å². The minimum Gasteiger partial charge on any atom is -0.437 e. The Morgan fingerprint density at radius 3 is 1.60 bits per heavy atom. The van der Waals surface area contributed by atoms with Gasteiger partial charge >= 0.3 is 0 Å². The maximum absolute atomic E-state index is 6.66. The summed E-state index contributed by atoms with van der Waals surface area (Å²) in [6.07, 6.45) is 0. The Bertz CT molecular complexity index is 2500. The Kier molecular flexibility index (Phi) is 6.39. The first kappa shape index (κ1) is 26.9. The van der Waals surface area contributed by atoms with E-state index in [1.807, 2.05) is 91.0 Å². The van der Waals surface area contributed by atoms with Gasteiger partial charge in [-0.05, 0) is 34.9 Å². The van der Waals surface area contributed by atoms with Crippen LogP contribution in [0.2, 0.25) is 0 Å². The van der Waals surface area contributed by atoms with Crippen molar-refractivity contribution in [1.29, 1.82) is 0 Å². The van der Waals surface area contributed by atoms with Gasteiger partial charge in [-0.15, -0.1) is 0 Å². The number of aromatic nitrogens is 4. The van der Waals surface area contributed by atoms with E-state index in [2.05, 4.69) is 66.7 Å². The molecule has 3 heterocycles. The number of hydrogen-bond acceptors (Lipinski definition) is 5. The van der Waals surface area contributed by atoms with Crippen LogP contribution in [0.25, 0.3) is 89.4 Å². The first-order valence-corrected chi connectivity index (χ1v) is 15.6. The molecule has 0 aliphatic rings. The first-order chi connectivity index (χ1) is 23.3. The number of benzene rings is 6. The first-order valence-electron chi connectivity index (χ1n) is 15.6. The summed E-state index contributed by atoms with van der Waals surface area (Å²) in [5, 5.41) is 3.03. The van der Waals surface area contributed by atoms with Crippen molar-refractivity contribution in [2.24, 2.45) is 0 Å². The monoisotopic (exact) mass is 602 g/mol. The molecule has 0 saturated carbocycles. The molecule has 47 heavy (non-hydrogen) atoms. The lowest BCUT2D eigenvalue weighted by molar-refractivity contribution is 0.657. The van der Waals surface area contributed by atoms with Crippen molar-refractivity contribution in [3.8, 4) is 56.4 Å². The number of furan rings is 1. The molecular weight excluding hydrogens is 576 g/mol. The number of nitrogens with zero attached hydrogens (tertiary/aromatic N) is 4. The van der Waals surface area contributed by atoms with Crippen LogP contribution in [-0.2, 0) is 0 Å². The quantitative estimate of drug-likeness (QED) is 0.196. The molecule has 5 heteroatoms. The molecule has 0 atom stereocenters. The number of fused-ring (bicyclic) bond motifs is 4. The molecule has 0 bridgehead atoms. The lowest BCUT2D eigenvalue weighted by atomic mass is 9.92. The fourth-order valence-corrected chi connectivity index (χ4v) is 6.32. The van der Waals surface area contributed by atoms with Crippen molar-refractivity contribution in [3.63, 3.8) is 0 Å². The Balaban J connectivity index is 1.33. The lowest BCUT2D eigenvalue weighted by Gasteiger charge is -2.14. The van der Waals surface area contributed by atoms with Crippen LogP contribution in [-0.4, -0.2) is 19.9 Å². The molecule has 0 saturated heterocycles. The van der Waals surface area contributed by atoms with Crippen LogP contribution in [0.5, 0.6) is 0 Å². The summed E-state index contributed by atoms with van der Waals surface area (Å²) < 4.78 is 6.66. The maximum Gasteiger partial charge on any atom is 0.227 e. The summed E-state index contributed by atoms with van der Waals surface area (Å²) in [7, 11) is 0. The second kappa shape index (κ2) is 11.2. The van der Waals surface area contributed by atoms with E-state index in [4.69, 9.17) is 24.4 Å². The molecule has 0 N–H and O–H groups in total. The average Bonchev–Trinajstić information content (AvgIpc) is 3.53. The van der Waals surface area contributed by atoms with Gasteiger partial charge in [0.1, 0.15) is 5.58 Å². The third kappa shape index (κ3) is 4.73. The van der Waals surface area contributed by atoms with Gasteiger partial charge in [-0.2, -0.15) is 0 Å². The van der Waals surface area contributed by atoms with Crippen LogP contribution < -0.4 is 0 Å². The minimum absolute atomic E-state index is 0.602. The number of pyridine rings is 1. The molecule has 0 unspecified atom stereocenters. The SMILES string of the molecule is c1ccc(-c2nc(-c3ccccc3)nc(-c3ccccc3-c3ccc(-c4ccccc4)c4oc5nc6ccccc6cc5c34)n2)cc1. The molecule has 0 aliphatic carbocycles. The highest BCUT2D eigenvalue weighted by Gasteiger charge is 2.22. The van der Waals surface area contributed by atoms with Gasteiger partial charge in [-0.25, -0.2) is 19.9 Å². The molecule has 3 aromatic heterocycles. The van der Waals surface area contributed by atoms with Crippen LogP contribution in [0.4, 0.5) is 0 Å². The predicted octanol–water partition coefficient (Wildman–Crippen LogP) is 10.7. The van der Waals surface area contributed by atoms with Crippen LogP contribution in [0.1, 0.15) is 0 Å². The van der Waals surface area contributed by atoms with Gasteiger partial charge in [-0.3, -0.25) is 0 Å².